The molecule has 1 aromatic heterocycles. The quantitative estimate of drug-likeness (QED) is 0.866. The van der Waals surface area contributed by atoms with Gasteiger partial charge in [0, 0.05) is 31.4 Å². The van der Waals surface area contributed by atoms with Crippen LogP contribution in [0.15, 0.2) is 36.5 Å². The van der Waals surface area contributed by atoms with Crippen molar-refractivity contribution in [1.29, 1.82) is 0 Å². The first-order valence-electron chi connectivity index (χ1n) is 6.91. The van der Waals surface area contributed by atoms with E-state index in [-0.39, 0.29) is 0 Å². The maximum absolute atomic E-state index is 6.34. The summed E-state index contributed by atoms with van der Waals surface area (Å²) in [7, 11) is 1.97. The van der Waals surface area contributed by atoms with Crippen LogP contribution in [0.5, 0.6) is 0 Å². The minimum absolute atomic E-state index is 0.662. The van der Waals surface area contributed by atoms with Crippen LogP contribution < -0.4 is 10.2 Å². The van der Waals surface area contributed by atoms with Crippen LogP contribution in [0, 0.1) is 0 Å². The zero-order valence-electron chi connectivity index (χ0n) is 12.2. The number of rotatable bonds is 6. The van der Waals surface area contributed by atoms with E-state index in [1.807, 2.05) is 48.5 Å². The monoisotopic (exact) mass is 323 g/mol. The molecular formula is C16H19Cl2N3. The number of aromatic nitrogens is 1. The molecule has 0 spiro atoms. The van der Waals surface area contributed by atoms with Crippen molar-refractivity contribution in [2.24, 2.45) is 0 Å². The summed E-state index contributed by atoms with van der Waals surface area (Å²) < 4.78 is 0. The second kappa shape index (κ2) is 7.64. The van der Waals surface area contributed by atoms with Crippen LogP contribution in [-0.2, 0) is 13.1 Å². The van der Waals surface area contributed by atoms with Crippen LogP contribution in [-0.4, -0.2) is 18.6 Å². The lowest BCUT2D eigenvalue weighted by atomic mass is 10.2. The molecule has 2 aromatic rings. The number of nitrogens with one attached hydrogen (secondary N) is 1. The average Bonchev–Trinajstić information content (AvgIpc) is 2.45. The van der Waals surface area contributed by atoms with Crippen LogP contribution in [0.25, 0.3) is 0 Å². The largest absolute Gasteiger partial charge is 0.354 e. The lowest BCUT2D eigenvalue weighted by Crippen LogP contribution is -2.19. The van der Waals surface area contributed by atoms with Gasteiger partial charge in [0.2, 0.25) is 0 Å². The lowest BCUT2D eigenvalue weighted by Gasteiger charge is -2.20. The van der Waals surface area contributed by atoms with E-state index in [1.54, 1.807) is 0 Å². The van der Waals surface area contributed by atoms with E-state index in [0.717, 1.165) is 35.1 Å². The molecule has 0 aliphatic carbocycles. The summed E-state index contributed by atoms with van der Waals surface area (Å²) in [5.74, 6) is 0.775. The van der Waals surface area contributed by atoms with E-state index in [1.165, 1.54) is 0 Å². The smallest absolute Gasteiger partial charge is 0.147 e. The number of hydrogen-bond donors (Lipinski definition) is 1. The molecule has 2 rings (SSSR count). The van der Waals surface area contributed by atoms with Gasteiger partial charge in [-0.2, -0.15) is 0 Å². The fourth-order valence-electron chi connectivity index (χ4n) is 2.10. The number of pyridine rings is 1. The highest BCUT2D eigenvalue weighted by atomic mass is 35.5. The summed E-state index contributed by atoms with van der Waals surface area (Å²) in [4.78, 5) is 6.49. The van der Waals surface area contributed by atoms with Crippen LogP contribution in [0.1, 0.15) is 18.1 Å². The molecule has 0 unspecified atom stereocenters. The Labute approximate surface area is 135 Å². The Morgan fingerprint density at radius 2 is 2.00 bits per heavy atom. The Balaban J connectivity index is 2.10. The summed E-state index contributed by atoms with van der Waals surface area (Å²) in [6.07, 6.45) is 1.86. The van der Waals surface area contributed by atoms with Crippen molar-refractivity contribution in [2.75, 3.05) is 18.5 Å². The molecule has 0 amide bonds. The molecule has 0 aliphatic rings. The van der Waals surface area contributed by atoms with E-state index in [2.05, 4.69) is 17.2 Å². The number of nitrogens with zero attached hydrogens (tertiary/aromatic N) is 2. The van der Waals surface area contributed by atoms with Crippen LogP contribution in [0.2, 0.25) is 10.0 Å². The Bertz CT molecular complexity index is 602. The van der Waals surface area contributed by atoms with E-state index in [0.29, 0.717) is 11.6 Å². The molecule has 5 heteroatoms. The second-order valence-corrected chi connectivity index (χ2v) is 5.76. The Hall–Kier alpha value is -1.29. The van der Waals surface area contributed by atoms with E-state index < -0.39 is 0 Å². The van der Waals surface area contributed by atoms with Gasteiger partial charge in [0.15, 0.2) is 0 Å². The molecule has 3 nitrogen and oxygen atoms in total. The van der Waals surface area contributed by atoms with Crippen molar-refractivity contribution in [3.05, 3.63) is 57.7 Å². The molecule has 0 saturated heterocycles. The zero-order chi connectivity index (χ0) is 15.2. The molecule has 112 valence electrons. The summed E-state index contributed by atoms with van der Waals surface area (Å²) in [5.41, 5.74) is 2.21. The molecule has 0 aliphatic heterocycles. The van der Waals surface area contributed by atoms with Gasteiger partial charge < -0.3 is 10.2 Å². The molecule has 1 N–H and O–H groups in total. The van der Waals surface area contributed by atoms with Crippen molar-refractivity contribution in [1.82, 2.24) is 10.3 Å². The molecule has 1 heterocycles. The summed E-state index contributed by atoms with van der Waals surface area (Å²) in [6.45, 7) is 4.48. The Kier molecular flexibility index (Phi) is 5.85. The average molecular weight is 324 g/mol. The van der Waals surface area contributed by atoms with Gasteiger partial charge in [-0.1, -0.05) is 42.3 Å². The van der Waals surface area contributed by atoms with Gasteiger partial charge in [-0.25, -0.2) is 4.98 Å². The Morgan fingerprint density at radius 3 is 2.67 bits per heavy atom. The molecular weight excluding hydrogens is 305 g/mol. The standard InChI is InChI=1S/C16H19Cl2N3/c1-3-19-9-13-8-15(18)16(20-10-13)21(2)11-12-5-4-6-14(17)7-12/h4-8,10,19H,3,9,11H2,1-2H3. The summed E-state index contributed by atoms with van der Waals surface area (Å²) in [6, 6.07) is 9.76. The second-order valence-electron chi connectivity index (χ2n) is 4.92. The molecule has 21 heavy (non-hydrogen) atoms. The molecule has 1 aromatic carbocycles. The highest BCUT2D eigenvalue weighted by Gasteiger charge is 2.09. The number of anilines is 1. The predicted molar refractivity (Wildman–Crippen MR) is 90.2 cm³/mol. The van der Waals surface area contributed by atoms with Gasteiger partial charge in [-0.15, -0.1) is 0 Å². The van der Waals surface area contributed by atoms with Gasteiger partial charge >= 0.3 is 0 Å². The van der Waals surface area contributed by atoms with Crippen molar-refractivity contribution >= 4 is 29.0 Å². The minimum atomic E-state index is 0.662. The maximum atomic E-state index is 6.34. The van der Waals surface area contributed by atoms with Crippen LogP contribution in [0.4, 0.5) is 5.82 Å². The number of halogens is 2. The fourth-order valence-corrected chi connectivity index (χ4v) is 2.65. The first-order chi connectivity index (χ1) is 10.1. The van der Waals surface area contributed by atoms with Crippen molar-refractivity contribution < 1.29 is 0 Å². The fraction of sp³-hybridized carbons (Fsp3) is 0.312. The molecule has 0 atom stereocenters. The molecule has 0 saturated carbocycles. The van der Waals surface area contributed by atoms with Crippen LogP contribution in [0.3, 0.4) is 0 Å². The summed E-state index contributed by atoms with van der Waals surface area (Å²) in [5, 5.41) is 4.66. The third-order valence-electron chi connectivity index (χ3n) is 3.13. The summed E-state index contributed by atoms with van der Waals surface area (Å²) >= 11 is 12.4. The van der Waals surface area contributed by atoms with Gasteiger partial charge in [0.25, 0.3) is 0 Å². The Morgan fingerprint density at radius 1 is 1.19 bits per heavy atom. The minimum Gasteiger partial charge on any atom is -0.354 e. The SMILES string of the molecule is CCNCc1cnc(N(C)Cc2cccc(Cl)c2)c(Cl)c1. The highest BCUT2D eigenvalue weighted by molar-refractivity contribution is 6.33. The van der Waals surface area contributed by atoms with Crippen molar-refractivity contribution in [2.45, 2.75) is 20.0 Å². The number of benzene rings is 1. The van der Waals surface area contributed by atoms with Crippen molar-refractivity contribution in [3.63, 3.8) is 0 Å². The lowest BCUT2D eigenvalue weighted by molar-refractivity contribution is 0.724. The van der Waals surface area contributed by atoms with Gasteiger partial charge in [-0.3, -0.25) is 0 Å². The van der Waals surface area contributed by atoms with E-state index in [4.69, 9.17) is 23.2 Å². The van der Waals surface area contributed by atoms with Gasteiger partial charge in [0.05, 0.1) is 5.02 Å². The maximum Gasteiger partial charge on any atom is 0.147 e. The highest BCUT2D eigenvalue weighted by Crippen LogP contribution is 2.25. The van der Waals surface area contributed by atoms with Crippen LogP contribution >= 0.6 is 23.2 Å². The third kappa shape index (κ3) is 4.60. The van der Waals surface area contributed by atoms with Gasteiger partial charge in [-0.05, 0) is 35.9 Å². The van der Waals surface area contributed by atoms with Crippen molar-refractivity contribution in [3.8, 4) is 0 Å². The third-order valence-corrected chi connectivity index (χ3v) is 3.64. The molecule has 0 bridgehead atoms. The zero-order valence-corrected chi connectivity index (χ0v) is 13.7. The van der Waals surface area contributed by atoms with Gasteiger partial charge in [0.1, 0.15) is 5.82 Å². The normalized spacial score (nSPS) is 10.7. The van der Waals surface area contributed by atoms with E-state index in [9.17, 15) is 0 Å². The first kappa shape index (κ1) is 16.1. The predicted octanol–water partition coefficient (Wildman–Crippen LogP) is 4.13. The number of hydrogen-bond acceptors (Lipinski definition) is 3. The van der Waals surface area contributed by atoms with E-state index >= 15 is 0 Å². The topological polar surface area (TPSA) is 28.2 Å². The molecule has 0 fully saturated rings. The first-order valence-corrected chi connectivity index (χ1v) is 7.66. The molecule has 0 radical (unpaired) electrons.